The van der Waals surface area contributed by atoms with Crippen LogP contribution in [0, 0.1) is 5.92 Å². The van der Waals surface area contributed by atoms with E-state index in [0.29, 0.717) is 28.9 Å². The number of thioether (sulfide) groups is 1. The summed E-state index contributed by atoms with van der Waals surface area (Å²) in [5.74, 6) is -0.0524. The van der Waals surface area contributed by atoms with Gasteiger partial charge in [0, 0.05) is 24.2 Å². The summed E-state index contributed by atoms with van der Waals surface area (Å²) in [5.41, 5.74) is 1.19. The predicted molar refractivity (Wildman–Crippen MR) is 96.4 cm³/mol. The van der Waals surface area contributed by atoms with Gasteiger partial charge in [0.1, 0.15) is 5.25 Å². The van der Waals surface area contributed by atoms with Crippen LogP contribution >= 0.6 is 11.8 Å². The smallest absolute Gasteiger partial charge is 0.240 e. The highest BCUT2D eigenvalue weighted by molar-refractivity contribution is 8.15. The third-order valence-electron chi connectivity index (χ3n) is 3.32. The number of hydrogen-bond donors (Lipinski definition) is 2. The Balaban J connectivity index is 1.89. The van der Waals surface area contributed by atoms with Crippen LogP contribution in [0.5, 0.6) is 0 Å². The Morgan fingerprint density at radius 1 is 1.29 bits per heavy atom. The van der Waals surface area contributed by atoms with Crippen LogP contribution in [0.4, 0.5) is 5.69 Å². The first kappa shape index (κ1) is 18.2. The average Bonchev–Trinajstić information content (AvgIpc) is 2.85. The Bertz CT molecular complexity index is 668. The van der Waals surface area contributed by atoms with Gasteiger partial charge in [-0.3, -0.25) is 19.4 Å². The molecule has 6 nitrogen and oxygen atoms in total. The predicted octanol–water partition coefficient (Wildman–Crippen LogP) is 2.46. The maximum atomic E-state index is 12.1. The fraction of sp³-hybridized carbons (Fsp3) is 0.412. The van der Waals surface area contributed by atoms with Crippen LogP contribution in [0.15, 0.2) is 29.3 Å². The second kappa shape index (κ2) is 8.10. The SMILES string of the molecule is CC(=O)c1ccc(NC(=O)C[C@@H]2SC(=NCC(C)C)NC2=O)cc1. The Kier molecular flexibility index (Phi) is 6.14. The van der Waals surface area contributed by atoms with Crippen LogP contribution in [0.1, 0.15) is 37.6 Å². The van der Waals surface area contributed by atoms with E-state index in [1.165, 1.54) is 18.7 Å². The zero-order valence-corrected chi connectivity index (χ0v) is 14.8. The molecule has 1 aliphatic heterocycles. The average molecular weight is 347 g/mol. The molecule has 2 rings (SSSR count). The minimum absolute atomic E-state index is 0.0277. The van der Waals surface area contributed by atoms with Crippen molar-refractivity contribution < 1.29 is 14.4 Å². The molecule has 1 aromatic carbocycles. The maximum Gasteiger partial charge on any atom is 0.240 e. The molecule has 0 radical (unpaired) electrons. The van der Waals surface area contributed by atoms with Gasteiger partial charge in [0.15, 0.2) is 11.0 Å². The summed E-state index contributed by atoms with van der Waals surface area (Å²) in [6, 6.07) is 6.66. The molecule has 2 amide bonds. The molecule has 0 aromatic heterocycles. The van der Waals surface area contributed by atoms with Gasteiger partial charge in [-0.15, -0.1) is 0 Å². The van der Waals surface area contributed by atoms with Crippen molar-refractivity contribution in [1.82, 2.24) is 5.32 Å². The van der Waals surface area contributed by atoms with E-state index in [9.17, 15) is 14.4 Å². The number of Topliss-reactive ketones (excluding diaryl/α,β-unsaturated/α-hetero) is 1. The molecule has 1 saturated heterocycles. The normalized spacial score (nSPS) is 18.8. The quantitative estimate of drug-likeness (QED) is 0.774. The highest BCUT2D eigenvalue weighted by atomic mass is 32.2. The van der Waals surface area contributed by atoms with Crippen LogP contribution in [0.3, 0.4) is 0 Å². The van der Waals surface area contributed by atoms with Crippen molar-refractivity contribution in [1.29, 1.82) is 0 Å². The van der Waals surface area contributed by atoms with Crippen molar-refractivity contribution in [3.8, 4) is 0 Å². The largest absolute Gasteiger partial charge is 0.326 e. The van der Waals surface area contributed by atoms with Crippen molar-refractivity contribution in [3.63, 3.8) is 0 Å². The van der Waals surface area contributed by atoms with Crippen molar-refractivity contribution >= 4 is 40.2 Å². The number of amidine groups is 1. The number of nitrogens with one attached hydrogen (secondary N) is 2. The Labute approximate surface area is 145 Å². The van der Waals surface area contributed by atoms with Gasteiger partial charge in [0.05, 0.1) is 0 Å². The monoisotopic (exact) mass is 347 g/mol. The standard InChI is InChI=1S/C17H21N3O3S/c1-10(2)9-18-17-20-16(23)14(24-17)8-15(22)19-13-6-4-12(5-7-13)11(3)21/h4-7,10,14H,8-9H2,1-3H3,(H,19,22)(H,18,20,23)/t14-/m0/s1. The van der Waals surface area contributed by atoms with Crippen LogP contribution in [0.2, 0.25) is 0 Å². The molecule has 1 heterocycles. The van der Waals surface area contributed by atoms with Gasteiger partial charge in [-0.25, -0.2) is 0 Å². The van der Waals surface area contributed by atoms with Crippen molar-refractivity contribution in [2.45, 2.75) is 32.4 Å². The van der Waals surface area contributed by atoms with Crippen molar-refractivity contribution in [2.75, 3.05) is 11.9 Å². The number of hydrogen-bond acceptors (Lipinski definition) is 5. The first-order chi connectivity index (χ1) is 11.3. The van der Waals surface area contributed by atoms with E-state index >= 15 is 0 Å². The Hall–Kier alpha value is -2.15. The van der Waals surface area contributed by atoms with Gasteiger partial charge in [-0.05, 0) is 37.1 Å². The molecular weight excluding hydrogens is 326 g/mol. The second-order valence-electron chi connectivity index (χ2n) is 6.02. The molecule has 1 atom stereocenters. The van der Waals surface area contributed by atoms with Gasteiger partial charge in [0.25, 0.3) is 0 Å². The number of anilines is 1. The number of carbonyl (C=O) groups is 3. The van der Waals surface area contributed by atoms with Crippen LogP contribution < -0.4 is 10.6 Å². The summed E-state index contributed by atoms with van der Waals surface area (Å²) >= 11 is 1.29. The lowest BCUT2D eigenvalue weighted by atomic mass is 10.1. The summed E-state index contributed by atoms with van der Waals surface area (Å²) < 4.78 is 0. The fourth-order valence-electron chi connectivity index (χ4n) is 2.05. The number of benzene rings is 1. The van der Waals surface area contributed by atoms with E-state index in [-0.39, 0.29) is 24.0 Å². The molecule has 128 valence electrons. The van der Waals surface area contributed by atoms with Gasteiger partial charge in [-0.1, -0.05) is 25.6 Å². The lowest BCUT2D eigenvalue weighted by Crippen LogP contribution is -2.28. The lowest BCUT2D eigenvalue weighted by Gasteiger charge is -2.07. The zero-order chi connectivity index (χ0) is 17.7. The number of ketones is 1. The first-order valence-corrected chi connectivity index (χ1v) is 8.66. The van der Waals surface area contributed by atoms with Gasteiger partial charge >= 0.3 is 0 Å². The molecule has 24 heavy (non-hydrogen) atoms. The van der Waals surface area contributed by atoms with Gasteiger partial charge < -0.3 is 10.6 Å². The fourth-order valence-corrected chi connectivity index (χ4v) is 3.03. The molecule has 2 N–H and O–H groups in total. The zero-order valence-electron chi connectivity index (χ0n) is 14.0. The van der Waals surface area contributed by atoms with E-state index in [4.69, 9.17) is 0 Å². The number of rotatable bonds is 6. The Morgan fingerprint density at radius 3 is 2.54 bits per heavy atom. The summed E-state index contributed by atoms with van der Waals surface area (Å²) in [6.45, 7) is 6.23. The molecular formula is C17H21N3O3S. The molecule has 1 fully saturated rings. The van der Waals surface area contributed by atoms with Crippen molar-refractivity contribution in [2.24, 2.45) is 10.9 Å². The third kappa shape index (κ3) is 5.19. The minimum atomic E-state index is -0.465. The lowest BCUT2D eigenvalue weighted by molar-refractivity contribution is -0.122. The number of carbonyl (C=O) groups excluding carboxylic acids is 3. The molecule has 0 saturated carbocycles. The van der Waals surface area contributed by atoms with E-state index < -0.39 is 5.25 Å². The molecule has 0 spiro atoms. The molecule has 1 aromatic rings. The number of nitrogens with zero attached hydrogens (tertiary/aromatic N) is 1. The van der Waals surface area contributed by atoms with Crippen LogP contribution in [-0.4, -0.2) is 34.6 Å². The van der Waals surface area contributed by atoms with E-state index in [1.807, 2.05) is 13.8 Å². The molecule has 7 heteroatoms. The molecule has 1 aliphatic rings. The number of amides is 2. The van der Waals surface area contributed by atoms with E-state index in [1.54, 1.807) is 24.3 Å². The Morgan fingerprint density at radius 2 is 1.96 bits per heavy atom. The van der Waals surface area contributed by atoms with Gasteiger partial charge in [-0.2, -0.15) is 0 Å². The summed E-state index contributed by atoms with van der Waals surface area (Å²) in [4.78, 5) is 39.6. The first-order valence-electron chi connectivity index (χ1n) is 7.78. The summed E-state index contributed by atoms with van der Waals surface area (Å²) in [5, 5.41) is 5.56. The molecule has 0 bridgehead atoms. The van der Waals surface area contributed by atoms with Crippen molar-refractivity contribution in [3.05, 3.63) is 29.8 Å². The third-order valence-corrected chi connectivity index (χ3v) is 4.44. The van der Waals surface area contributed by atoms with Crippen LogP contribution in [0.25, 0.3) is 0 Å². The summed E-state index contributed by atoms with van der Waals surface area (Å²) in [7, 11) is 0. The molecule has 0 unspecified atom stereocenters. The summed E-state index contributed by atoms with van der Waals surface area (Å²) in [6.07, 6.45) is 0.0751. The highest BCUT2D eigenvalue weighted by Crippen LogP contribution is 2.23. The van der Waals surface area contributed by atoms with Crippen LogP contribution in [-0.2, 0) is 9.59 Å². The topological polar surface area (TPSA) is 87.6 Å². The van der Waals surface area contributed by atoms with E-state index in [0.717, 1.165) is 0 Å². The van der Waals surface area contributed by atoms with E-state index in [2.05, 4.69) is 15.6 Å². The highest BCUT2D eigenvalue weighted by Gasteiger charge is 2.31. The maximum absolute atomic E-state index is 12.1. The minimum Gasteiger partial charge on any atom is -0.326 e. The number of aliphatic imine (C=N–C) groups is 1. The van der Waals surface area contributed by atoms with Gasteiger partial charge in [0.2, 0.25) is 11.8 Å². The second-order valence-corrected chi connectivity index (χ2v) is 7.21. The molecule has 0 aliphatic carbocycles.